The first-order valence-corrected chi connectivity index (χ1v) is 10.7. The summed E-state index contributed by atoms with van der Waals surface area (Å²) in [6.07, 6.45) is 0. The first-order valence-electron chi connectivity index (χ1n) is 9.52. The molecule has 3 aromatic rings. The molecule has 0 radical (unpaired) electrons. The summed E-state index contributed by atoms with van der Waals surface area (Å²) in [6, 6.07) is 6.73. The molecular weight excluding hydrogens is 432 g/mol. The number of methoxy groups -OCH3 is 1. The zero-order valence-electron chi connectivity index (χ0n) is 16.9. The molecule has 0 N–H and O–H groups in total. The topological polar surface area (TPSA) is 45.7 Å². The molecule has 30 heavy (non-hydrogen) atoms. The van der Waals surface area contributed by atoms with Gasteiger partial charge in [0.15, 0.2) is 5.13 Å². The normalized spacial score (nSPS) is 11.3. The first-order chi connectivity index (χ1) is 14.4. The summed E-state index contributed by atoms with van der Waals surface area (Å²) in [6.45, 7) is 6.32. The fourth-order valence-corrected chi connectivity index (χ4v) is 4.40. The van der Waals surface area contributed by atoms with Gasteiger partial charge in [0.05, 0.1) is 16.8 Å². The number of nitrogens with zero attached hydrogens (tertiary/aromatic N) is 3. The van der Waals surface area contributed by atoms with Crippen LogP contribution in [0.5, 0.6) is 5.75 Å². The largest absolute Gasteiger partial charge is 0.494 e. The Bertz CT molecular complexity index is 1040. The van der Waals surface area contributed by atoms with Crippen LogP contribution in [0.25, 0.3) is 10.2 Å². The minimum absolute atomic E-state index is 0.216. The van der Waals surface area contributed by atoms with Crippen molar-refractivity contribution in [2.45, 2.75) is 13.8 Å². The van der Waals surface area contributed by atoms with E-state index >= 15 is 0 Å². The van der Waals surface area contributed by atoms with Crippen molar-refractivity contribution >= 4 is 44.2 Å². The van der Waals surface area contributed by atoms with E-state index in [0.717, 1.165) is 25.2 Å². The number of amides is 1. The fourth-order valence-electron chi connectivity index (χ4n) is 3.12. The number of thiazole rings is 1. The number of carbonyl (C=O) groups is 1. The Hall–Kier alpha value is -2.29. The minimum Gasteiger partial charge on any atom is -0.494 e. The molecule has 0 unspecified atom stereocenters. The van der Waals surface area contributed by atoms with Gasteiger partial charge in [0.25, 0.3) is 5.91 Å². The van der Waals surface area contributed by atoms with Crippen LogP contribution < -0.4 is 9.64 Å². The maximum atomic E-state index is 14.3. The average molecular weight is 454 g/mol. The number of halogens is 3. The highest BCUT2D eigenvalue weighted by Gasteiger charge is 2.27. The van der Waals surface area contributed by atoms with Crippen LogP contribution in [0.15, 0.2) is 30.3 Å². The molecule has 1 heterocycles. The molecule has 0 spiro atoms. The lowest BCUT2D eigenvalue weighted by Crippen LogP contribution is -2.39. The van der Waals surface area contributed by atoms with Crippen molar-refractivity contribution < 1.29 is 18.3 Å². The maximum Gasteiger partial charge on any atom is 0.266 e. The molecule has 0 saturated carbocycles. The van der Waals surface area contributed by atoms with Crippen LogP contribution in [-0.2, 0) is 0 Å². The molecule has 0 saturated heterocycles. The lowest BCUT2D eigenvalue weighted by molar-refractivity contribution is 0.0975. The van der Waals surface area contributed by atoms with Crippen LogP contribution >= 0.6 is 22.9 Å². The highest BCUT2D eigenvalue weighted by Crippen LogP contribution is 2.39. The molecule has 9 heteroatoms. The van der Waals surface area contributed by atoms with E-state index in [-0.39, 0.29) is 6.54 Å². The van der Waals surface area contributed by atoms with Crippen LogP contribution in [-0.4, -0.2) is 49.1 Å². The van der Waals surface area contributed by atoms with Crippen LogP contribution in [0.2, 0.25) is 5.02 Å². The fraction of sp³-hybridized carbons (Fsp3) is 0.333. The van der Waals surface area contributed by atoms with Gasteiger partial charge in [-0.1, -0.05) is 42.9 Å². The van der Waals surface area contributed by atoms with E-state index in [0.29, 0.717) is 32.7 Å². The number of fused-ring (bicyclic) bond motifs is 1. The Labute approximate surface area is 182 Å². The lowest BCUT2D eigenvalue weighted by atomic mass is 10.1. The number of aromatic nitrogens is 1. The number of hydrogen-bond donors (Lipinski definition) is 0. The smallest absolute Gasteiger partial charge is 0.266 e. The highest BCUT2D eigenvalue weighted by atomic mass is 35.5. The molecule has 0 atom stereocenters. The van der Waals surface area contributed by atoms with Crippen molar-refractivity contribution in [1.29, 1.82) is 0 Å². The van der Waals surface area contributed by atoms with Gasteiger partial charge >= 0.3 is 0 Å². The summed E-state index contributed by atoms with van der Waals surface area (Å²) >= 11 is 7.49. The molecule has 0 fully saturated rings. The van der Waals surface area contributed by atoms with Gasteiger partial charge in [-0.05, 0) is 37.4 Å². The van der Waals surface area contributed by atoms with Crippen molar-refractivity contribution in [3.05, 3.63) is 52.6 Å². The minimum atomic E-state index is -0.912. The predicted molar refractivity (Wildman–Crippen MR) is 117 cm³/mol. The Balaban J connectivity index is 2.09. The second-order valence-corrected chi connectivity index (χ2v) is 7.89. The Morgan fingerprint density at radius 1 is 1.13 bits per heavy atom. The zero-order chi connectivity index (χ0) is 21.8. The van der Waals surface area contributed by atoms with E-state index in [4.69, 9.17) is 16.3 Å². The van der Waals surface area contributed by atoms with Gasteiger partial charge in [-0.2, -0.15) is 0 Å². The number of rotatable bonds is 8. The van der Waals surface area contributed by atoms with Crippen molar-refractivity contribution in [3.63, 3.8) is 0 Å². The third-order valence-electron chi connectivity index (χ3n) is 4.85. The maximum absolute atomic E-state index is 14.3. The Morgan fingerprint density at radius 3 is 2.40 bits per heavy atom. The van der Waals surface area contributed by atoms with Crippen molar-refractivity contribution in [1.82, 2.24) is 9.88 Å². The van der Waals surface area contributed by atoms with E-state index < -0.39 is 23.1 Å². The lowest BCUT2D eigenvalue weighted by Gasteiger charge is -2.25. The molecule has 5 nitrogen and oxygen atoms in total. The third-order valence-corrected chi connectivity index (χ3v) is 6.39. The van der Waals surface area contributed by atoms with E-state index in [1.807, 2.05) is 13.8 Å². The van der Waals surface area contributed by atoms with E-state index in [9.17, 15) is 13.6 Å². The molecule has 2 aromatic carbocycles. The monoisotopic (exact) mass is 453 g/mol. The van der Waals surface area contributed by atoms with Crippen LogP contribution in [0, 0.1) is 11.6 Å². The molecule has 3 rings (SSSR count). The second-order valence-electron chi connectivity index (χ2n) is 6.50. The summed E-state index contributed by atoms with van der Waals surface area (Å²) in [5, 5.41) is 0.763. The van der Waals surface area contributed by atoms with Crippen LogP contribution in [0.3, 0.4) is 0 Å². The highest BCUT2D eigenvalue weighted by molar-refractivity contribution is 7.23. The summed E-state index contributed by atoms with van der Waals surface area (Å²) in [5.41, 5.74) is -0.103. The quantitative estimate of drug-likeness (QED) is 0.469. The number of carbonyl (C=O) groups excluding carboxylic acids is 1. The van der Waals surface area contributed by atoms with Crippen molar-refractivity contribution in [3.8, 4) is 5.75 Å². The first kappa shape index (κ1) is 22.4. The Kier molecular flexibility index (Phi) is 7.23. The number of anilines is 1. The third kappa shape index (κ3) is 4.40. The SMILES string of the molecule is CCN(CC)CCN(C(=O)c1c(F)cccc1F)c1nc2c(OC)ccc(Cl)c2s1. The molecule has 0 aliphatic carbocycles. The van der Waals surface area contributed by atoms with Gasteiger partial charge in [-0.25, -0.2) is 13.8 Å². The van der Waals surface area contributed by atoms with Crippen LogP contribution in [0.1, 0.15) is 24.2 Å². The van der Waals surface area contributed by atoms with E-state index in [1.165, 1.54) is 29.4 Å². The van der Waals surface area contributed by atoms with Gasteiger partial charge in [-0.15, -0.1) is 0 Å². The molecule has 0 bridgehead atoms. The van der Waals surface area contributed by atoms with Crippen LogP contribution in [0.4, 0.5) is 13.9 Å². The molecule has 0 aliphatic rings. The average Bonchev–Trinajstić information content (AvgIpc) is 3.17. The molecule has 1 aromatic heterocycles. The summed E-state index contributed by atoms with van der Waals surface area (Å²) < 4.78 is 34.7. The summed E-state index contributed by atoms with van der Waals surface area (Å²) in [7, 11) is 1.51. The van der Waals surface area contributed by atoms with Gasteiger partial charge in [-0.3, -0.25) is 9.69 Å². The molecule has 0 aliphatic heterocycles. The summed E-state index contributed by atoms with van der Waals surface area (Å²) in [5.74, 6) is -2.11. The molecule has 1 amide bonds. The van der Waals surface area contributed by atoms with E-state index in [1.54, 1.807) is 12.1 Å². The van der Waals surface area contributed by atoms with E-state index in [2.05, 4.69) is 9.88 Å². The second kappa shape index (κ2) is 9.68. The summed E-state index contributed by atoms with van der Waals surface area (Å²) in [4.78, 5) is 21.2. The predicted octanol–water partition coefficient (Wildman–Crippen LogP) is 5.23. The standard InChI is InChI=1S/C21H22ClF2N3O2S/c1-4-26(5-2)11-12-27(20(28)17-14(23)7-6-8-15(17)24)21-25-18-16(29-3)10-9-13(22)19(18)30-21/h6-10H,4-5,11-12H2,1-3H3. The van der Waals surface area contributed by atoms with Gasteiger partial charge in [0.1, 0.15) is 28.5 Å². The van der Waals surface area contributed by atoms with Gasteiger partial charge < -0.3 is 9.64 Å². The molecule has 160 valence electrons. The zero-order valence-corrected chi connectivity index (χ0v) is 18.5. The number of likely N-dealkylation sites (N-methyl/N-ethyl adjacent to an activating group) is 1. The molecular formula is C21H22ClF2N3O2S. The number of benzene rings is 2. The van der Waals surface area contributed by atoms with Gasteiger partial charge in [0, 0.05) is 13.1 Å². The number of hydrogen-bond acceptors (Lipinski definition) is 5. The Morgan fingerprint density at radius 2 is 1.80 bits per heavy atom. The number of ether oxygens (including phenoxy) is 1. The van der Waals surface area contributed by atoms with Crippen molar-refractivity contribution in [2.75, 3.05) is 38.2 Å². The van der Waals surface area contributed by atoms with Gasteiger partial charge in [0.2, 0.25) is 0 Å². The van der Waals surface area contributed by atoms with Crippen molar-refractivity contribution in [2.24, 2.45) is 0 Å².